The van der Waals surface area contributed by atoms with Gasteiger partial charge in [-0.2, -0.15) is 5.10 Å². The van der Waals surface area contributed by atoms with Crippen LogP contribution in [0.5, 0.6) is 0 Å². The summed E-state index contributed by atoms with van der Waals surface area (Å²) in [6.45, 7) is 3.60. The van der Waals surface area contributed by atoms with Crippen molar-refractivity contribution in [3.05, 3.63) is 66.1 Å². The highest BCUT2D eigenvalue weighted by atomic mass is 32.2. The van der Waals surface area contributed by atoms with Crippen LogP contribution in [0.1, 0.15) is 12.5 Å². The molecule has 0 aliphatic heterocycles. The van der Waals surface area contributed by atoms with E-state index in [1.165, 1.54) is 12.3 Å². The minimum atomic E-state index is -3.26. The summed E-state index contributed by atoms with van der Waals surface area (Å²) in [5, 5.41) is 4.55. The van der Waals surface area contributed by atoms with Crippen LogP contribution in [-0.4, -0.2) is 24.5 Å². The van der Waals surface area contributed by atoms with Crippen molar-refractivity contribution in [1.29, 1.82) is 0 Å². The van der Waals surface area contributed by atoms with E-state index in [4.69, 9.17) is 0 Å². The number of nitrogens with zero attached hydrogens (tertiary/aromatic N) is 2. The van der Waals surface area contributed by atoms with Crippen molar-refractivity contribution < 1.29 is 12.8 Å². The molecule has 0 N–H and O–H groups in total. The van der Waals surface area contributed by atoms with Gasteiger partial charge in [-0.25, -0.2) is 17.5 Å². The van der Waals surface area contributed by atoms with E-state index in [0.717, 1.165) is 11.1 Å². The first-order valence-corrected chi connectivity index (χ1v) is 9.97. The minimum Gasteiger partial charge on any atom is -0.247 e. The number of aromatic nitrogens is 2. The lowest BCUT2D eigenvalue weighted by Crippen LogP contribution is -1.96. The number of benzene rings is 2. The molecule has 3 aromatic rings. The second-order valence-corrected chi connectivity index (χ2v) is 8.13. The first-order valence-electron chi connectivity index (χ1n) is 8.08. The van der Waals surface area contributed by atoms with Crippen LogP contribution >= 0.6 is 0 Å². The van der Waals surface area contributed by atoms with E-state index in [9.17, 15) is 12.8 Å². The Morgan fingerprint density at radius 2 is 1.73 bits per heavy atom. The van der Waals surface area contributed by atoms with Crippen LogP contribution < -0.4 is 0 Å². The first kappa shape index (κ1) is 18.1. The monoisotopic (exact) mass is 370 g/mol. The maximum Gasteiger partial charge on any atom is 0.175 e. The highest BCUT2D eigenvalue weighted by molar-refractivity contribution is 7.90. The van der Waals surface area contributed by atoms with E-state index in [2.05, 4.69) is 5.10 Å². The maximum absolute atomic E-state index is 14.0. The van der Waals surface area contributed by atoms with Gasteiger partial charge >= 0.3 is 0 Å². The zero-order valence-corrected chi connectivity index (χ0v) is 15.6. The van der Waals surface area contributed by atoms with Gasteiger partial charge in [0.15, 0.2) is 9.84 Å². The van der Waals surface area contributed by atoms with Crippen LogP contribution in [0.2, 0.25) is 0 Å². The SMILES string of the molecule is CC=Cn1cc(-c2ccc(C)c(F)c2)c(-c2ccc(S(C)(=O)=O)cc2)n1. The Hall–Kier alpha value is -2.73. The van der Waals surface area contributed by atoms with E-state index >= 15 is 0 Å². The predicted molar refractivity (Wildman–Crippen MR) is 102 cm³/mol. The number of hydrogen-bond acceptors (Lipinski definition) is 3. The van der Waals surface area contributed by atoms with Gasteiger partial charge in [-0.05, 0) is 43.2 Å². The Morgan fingerprint density at radius 3 is 2.31 bits per heavy atom. The molecule has 4 nitrogen and oxygen atoms in total. The molecule has 0 aliphatic rings. The van der Waals surface area contributed by atoms with Crippen molar-refractivity contribution in [2.45, 2.75) is 18.7 Å². The van der Waals surface area contributed by atoms with E-state index < -0.39 is 9.84 Å². The van der Waals surface area contributed by atoms with Crippen LogP contribution in [0.3, 0.4) is 0 Å². The Morgan fingerprint density at radius 1 is 1.08 bits per heavy atom. The average molecular weight is 370 g/mol. The van der Waals surface area contributed by atoms with Crippen LogP contribution in [-0.2, 0) is 9.84 Å². The molecule has 1 aromatic heterocycles. The smallest absolute Gasteiger partial charge is 0.175 e. The summed E-state index contributed by atoms with van der Waals surface area (Å²) in [5.74, 6) is -0.278. The number of hydrogen-bond donors (Lipinski definition) is 0. The van der Waals surface area contributed by atoms with Crippen molar-refractivity contribution >= 4 is 16.0 Å². The van der Waals surface area contributed by atoms with Crippen molar-refractivity contribution in [2.24, 2.45) is 0 Å². The highest BCUT2D eigenvalue weighted by Gasteiger charge is 2.15. The number of sulfone groups is 1. The van der Waals surface area contributed by atoms with Crippen LogP contribution in [0, 0.1) is 12.7 Å². The molecule has 0 bridgehead atoms. The zero-order valence-electron chi connectivity index (χ0n) is 14.8. The highest BCUT2D eigenvalue weighted by Crippen LogP contribution is 2.32. The Labute approximate surface area is 152 Å². The quantitative estimate of drug-likeness (QED) is 0.676. The number of halogens is 1. The summed E-state index contributed by atoms with van der Waals surface area (Å²) < 4.78 is 39.0. The lowest BCUT2D eigenvalue weighted by Gasteiger charge is -2.05. The molecule has 0 spiro atoms. The third kappa shape index (κ3) is 3.60. The molecule has 26 heavy (non-hydrogen) atoms. The molecule has 0 saturated heterocycles. The van der Waals surface area contributed by atoms with Gasteiger partial charge in [-0.15, -0.1) is 0 Å². The summed E-state index contributed by atoms with van der Waals surface area (Å²) in [4.78, 5) is 0.247. The van der Waals surface area contributed by atoms with Gasteiger partial charge in [0.25, 0.3) is 0 Å². The van der Waals surface area contributed by atoms with E-state index in [0.29, 0.717) is 16.8 Å². The normalized spacial score (nSPS) is 12.0. The molecule has 3 rings (SSSR count). The molecule has 6 heteroatoms. The molecule has 0 aliphatic carbocycles. The fraction of sp³-hybridized carbons (Fsp3) is 0.150. The van der Waals surface area contributed by atoms with E-state index in [1.807, 2.05) is 25.3 Å². The second kappa shape index (κ2) is 6.88. The fourth-order valence-corrected chi connectivity index (χ4v) is 3.30. The number of aryl methyl sites for hydroxylation is 1. The van der Waals surface area contributed by atoms with Gasteiger partial charge < -0.3 is 0 Å². The van der Waals surface area contributed by atoms with Crippen molar-refractivity contribution in [3.8, 4) is 22.4 Å². The molecule has 1 heterocycles. The number of rotatable bonds is 4. The summed E-state index contributed by atoms with van der Waals surface area (Å²) in [6, 6.07) is 11.6. The molecule has 0 amide bonds. The standard InChI is InChI=1S/C20H19FN2O2S/c1-4-11-23-13-18(16-6-5-14(2)19(21)12-16)20(22-23)15-7-9-17(10-8-15)26(3,24)25/h4-13H,1-3H3. The van der Waals surface area contributed by atoms with Crippen LogP contribution in [0.4, 0.5) is 4.39 Å². The summed E-state index contributed by atoms with van der Waals surface area (Å²) in [5.41, 5.74) is 3.48. The third-order valence-electron chi connectivity index (χ3n) is 4.07. The molecule has 0 radical (unpaired) electrons. The van der Waals surface area contributed by atoms with Gasteiger partial charge in [0.05, 0.1) is 4.90 Å². The molecule has 0 unspecified atom stereocenters. The maximum atomic E-state index is 14.0. The Bertz CT molecular complexity index is 1080. The molecule has 0 atom stereocenters. The van der Waals surface area contributed by atoms with Gasteiger partial charge in [-0.1, -0.05) is 30.3 Å². The molecule has 0 saturated carbocycles. The van der Waals surface area contributed by atoms with Gasteiger partial charge in [0.1, 0.15) is 11.5 Å². The summed E-state index contributed by atoms with van der Waals surface area (Å²) in [7, 11) is -3.26. The average Bonchev–Trinajstić information content (AvgIpc) is 3.01. The second-order valence-electron chi connectivity index (χ2n) is 6.11. The lowest BCUT2D eigenvalue weighted by molar-refractivity contribution is 0.602. The molecule has 0 fully saturated rings. The molecule has 134 valence electrons. The molecular formula is C20H19FN2O2S. The van der Waals surface area contributed by atoms with Crippen LogP contribution in [0.15, 0.2) is 59.6 Å². The zero-order chi connectivity index (χ0) is 18.9. The largest absolute Gasteiger partial charge is 0.247 e. The van der Waals surface area contributed by atoms with Gasteiger partial charge in [0, 0.05) is 29.8 Å². The third-order valence-corrected chi connectivity index (χ3v) is 5.20. The minimum absolute atomic E-state index is 0.247. The van der Waals surface area contributed by atoms with E-state index in [-0.39, 0.29) is 10.7 Å². The predicted octanol–water partition coefficient (Wildman–Crippen LogP) is 4.56. The fourth-order valence-electron chi connectivity index (χ4n) is 2.67. The van der Waals surface area contributed by atoms with Crippen molar-refractivity contribution in [2.75, 3.05) is 6.26 Å². The van der Waals surface area contributed by atoms with Crippen molar-refractivity contribution in [1.82, 2.24) is 9.78 Å². The van der Waals surface area contributed by atoms with Crippen molar-refractivity contribution in [3.63, 3.8) is 0 Å². The summed E-state index contributed by atoms with van der Waals surface area (Å²) >= 11 is 0. The first-order chi connectivity index (χ1) is 12.3. The Kier molecular flexibility index (Phi) is 4.78. The van der Waals surface area contributed by atoms with Gasteiger partial charge in [0.2, 0.25) is 0 Å². The summed E-state index contributed by atoms with van der Waals surface area (Å²) in [6.07, 6.45) is 6.64. The topological polar surface area (TPSA) is 52.0 Å². The van der Waals surface area contributed by atoms with E-state index in [1.54, 1.807) is 48.1 Å². The molecular weight excluding hydrogens is 351 g/mol. The lowest BCUT2D eigenvalue weighted by atomic mass is 10.0. The molecule has 2 aromatic carbocycles. The Balaban J connectivity index is 2.15. The van der Waals surface area contributed by atoms with Gasteiger partial charge in [-0.3, -0.25) is 0 Å². The van der Waals surface area contributed by atoms with Crippen LogP contribution in [0.25, 0.3) is 28.6 Å². The number of allylic oxidation sites excluding steroid dienone is 1.